The lowest BCUT2D eigenvalue weighted by Crippen LogP contribution is -2.38. The van der Waals surface area contributed by atoms with Gasteiger partial charge in [-0.05, 0) is 42.9 Å². The monoisotopic (exact) mass is 292 g/mol. The van der Waals surface area contributed by atoms with Crippen molar-refractivity contribution >= 4 is 11.8 Å². The second-order valence-corrected chi connectivity index (χ2v) is 5.48. The van der Waals surface area contributed by atoms with Crippen LogP contribution in [0.4, 0.5) is 4.39 Å². The summed E-state index contributed by atoms with van der Waals surface area (Å²) >= 11 is 0. The number of hydrogen-bond acceptors (Lipinski definition) is 2. The fourth-order valence-electron chi connectivity index (χ4n) is 2.21. The zero-order valence-corrected chi connectivity index (χ0v) is 12.2. The lowest BCUT2D eigenvalue weighted by atomic mass is 9.93. The van der Waals surface area contributed by atoms with Crippen molar-refractivity contribution in [1.82, 2.24) is 10.6 Å². The molecule has 0 heterocycles. The zero-order valence-electron chi connectivity index (χ0n) is 12.2. The van der Waals surface area contributed by atoms with Crippen LogP contribution in [0.1, 0.15) is 44.1 Å². The van der Waals surface area contributed by atoms with E-state index >= 15 is 0 Å². The predicted octanol–water partition coefficient (Wildman–Crippen LogP) is 2.10. The molecule has 1 aromatic rings. The average molecular weight is 292 g/mol. The maximum absolute atomic E-state index is 12.9. The van der Waals surface area contributed by atoms with E-state index in [4.69, 9.17) is 0 Å². The Labute approximate surface area is 124 Å². The number of carbonyl (C=O) groups is 2. The second-order valence-electron chi connectivity index (χ2n) is 5.48. The minimum absolute atomic E-state index is 0.0230. The van der Waals surface area contributed by atoms with Gasteiger partial charge in [-0.2, -0.15) is 0 Å². The summed E-state index contributed by atoms with van der Waals surface area (Å²) in [5, 5.41) is 5.46. The molecule has 1 saturated carbocycles. The predicted molar refractivity (Wildman–Crippen MR) is 78.2 cm³/mol. The number of halogens is 1. The summed E-state index contributed by atoms with van der Waals surface area (Å²) in [6.45, 7) is 2.01. The van der Waals surface area contributed by atoms with Gasteiger partial charge in [-0.3, -0.25) is 9.59 Å². The molecule has 0 spiro atoms. The van der Waals surface area contributed by atoms with Crippen molar-refractivity contribution < 1.29 is 14.0 Å². The van der Waals surface area contributed by atoms with Gasteiger partial charge in [0, 0.05) is 12.5 Å². The molecule has 1 aliphatic carbocycles. The standard InChI is InChI=1S/C16H21FN2O2/c1-2-11(12-3-5-13(17)6-4-12)9-15(20)18-10-16(21)19-14-7-8-14/h3-6,11,14H,2,7-10H2,1H3,(H,18,20)(H,19,21). The fraction of sp³-hybridized carbons (Fsp3) is 0.500. The van der Waals surface area contributed by atoms with Crippen molar-refractivity contribution in [2.24, 2.45) is 0 Å². The number of hydrogen-bond donors (Lipinski definition) is 2. The Balaban J connectivity index is 1.78. The van der Waals surface area contributed by atoms with E-state index in [0.29, 0.717) is 12.5 Å². The molecular formula is C16H21FN2O2. The van der Waals surface area contributed by atoms with Crippen LogP contribution >= 0.6 is 0 Å². The third kappa shape index (κ3) is 5.17. The van der Waals surface area contributed by atoms with Crippen molar-refractivity contribution in [2.75, 3.05) is 6.54 Å². The summed E-state index contributed by atoms with van der Waals surface area (Å²) < 4.78 is 12.9. The molecule has 1 aromatic carbocycles. The summed E-state index contributed by atoms with van der Waals surface area (Å²) in [7, 11) is 0. The van der Waals surface area contributed by atoms with Gasteiger partial charge in [-0.15, -0.1) is 0 Å². The summed E-state index contributed by atoms with van der Waals surface area (Å²) in [4.78, 5) is 23.4. The van der Waals surface area contributed by atoms with E-state index in [1.54, 1.807) is 12.1 Å². The lowest BCUT2D eigenvalue weighted by Gasteiger charge is -2.15. The number of benzene rings is 1. The van der Waals surface area contributed by atoms with E-state index in [-0.39, 0.29) is 30.1 Å². The van der Waals surface area contributed by atoms with Gasteiger partial charge in [0.1, 0.15) is 5.82 Å². The van der Waals surface area contributed by atoms with E-state index in [1.165, 1.54) is 12.1 Å². The molecule has 0 radical (unpaired) electrons. The van der Waals surface area contributed by atoms with E-state index in [9.17, 15) is 14.0 Å². The Hall–Kier alpha value is -1.91. The quantitative estimate of drug-likeness (QED) is 0.808. The highest BCUT2D eigenvalue weighted by atomic mass is 19.1. The molecule has 0 bridgehead atoms. The molecule has 5 heteroatoms. The van der Waals surface area contributed by atoms with E-state index in [0.717, 1.165) is 24.8 Å². The maximum Gasteiger partial charge on any atom is 0.239 e. The Bertz CT molecular complexity index is 498. The molecule has 0 aliphatic heterocycles. The van der Waals surface area contributed by atoms with Crippen molar-refractivity contribution in [3.63, 3.8) is 0 Å². The molecule has 0 saturated heterocycles. The van der Waals surface area contributed by atoms with Gasteiger partial charge in [0.2, 0.25) is 11.8 Å². The molecule has 2 amide bonds. The third-order valence-electron chi connectivity index (χ3n) is 3.65. The van der Waals surface area contributed by atoms with Crippen LogP contribution in [-0.4, -0.2) is 24.4 Å². The highest BCUT2D eigenvalue weighted by molar-refractivity contribution is 5.85. The van der Waals surface area contributed by atoms with Crippen molar-refractivity contribution in [1.29, 1.82) is 0 Å². The lowest BCUT2D eigenvalue weighted by molar-refractivity contribution is -0.126. The first-order chi connectivity index (χ1) is 10.1. The van der Waals surface area contributed by atoms with E-state index in [1.807, 2.05) is 6.92 Å². The minimum atomic E-state index is -0.283. The van der Waals surface area contributed by atoms with Crippen LogP contribution in [0, 0.1) is 5.82 Å². The number of amides is 2. The second kappa shape index (κ2) is 7.20. The van der Waals surface area contributed by atoms with Gasteiger partial charge in [-0.25, -0.2) is 4.39 Å². The maximum atomic E-state index is 12.9. The Kier molecular flexibility index (Phi) is 5.31. The third-order valence-corrected chi connectivity index (χ3v) is 3.65. The first kappa shape index (κ1) is 15.5. The Morgan fingerprint density at radius 3 is 2.48 bits per heavy atom. The molecule has 21 heavy (non-hydrogen) atoms. The highest BCUT2D eigenvalue weighted by Gasteiger charge is 2.23. The SMILES string of the molecule is CCC(CC(=O)NCC(=O)NC1CC1)c1ccc(F)cc1. The normalized spacial score (nSPS) is 15.3. The smallest absolute Gasteiger partial charge is 0.239 e. The van der Waals surface area contributed by atoms with Crippen molar-refractivity contribution in [3.05, 3.63) is 35.6 Å². The highest BCUT2D eigenvalue weighted by Crippen LogP contribution is 2.23. The van der Waals surface area contributed by atoms with Gasteiger partial charge in [0.05, 0.1) is 6.54 Å². The molecule has 1 aliphatic rings. The van der Waals surface area contributed by atoms with Crippen LogP contribution in [0.5, 0.6) is 0 Å². The van der Waals surface area contributed by atoms with Crippen LogP contribution in [-0.2, 0) is 9.59 Å². The van der Waals surface area contributed by atoms with Crippen LogP contribution in [0.3, 0.4) is 0 Å². The van der Waals surface area contributed by atoms with Crippen LogP contribution < -0.4 is 10.6 Å². The Morgan fingerprint density at radius 1 is 1.24 bits per heavy atom. The molecule has 4 nitrogen and oxygen atoms in total. The van der Waals surface area contributed by atoms with Gasteiger partial charge < -0.3 is 10.6 Å². The molecule has 2 N–H and O–H groups in total. The molecule has 1 unspecified atom stereocenters. The van der Waals surface area contributed by atoms with Crippen LogP contribution in [0.2, 0.25) is 0 Å². The summed E-state index contributed by atoms with van der Waals surface area (Å²) in [5.41, 5.74) is 0.941. The minimum Gasteiger partial charge on any atom is -0.352 e. The summed E-state index contributed by atoms with van der Waals surface area (Å²) in [6, 6.07) is 6.52. The first-order valence-corrected chi connectivity index (χ1v) is 7.40. The van der Waals surface area contributed by atoms with Crippen LogP contribution in [0.25, 0.3) is 0 Å². The van der Waals surface area contributed by atoms with Gasteiger partial charge in [0.25, 0.3) is 0 Å². The summed E-state index contributed by atoms with van der Waals surface area (Å²) in [5.74, 6) is -0.537. The molecule has 1 fully saturated rings. The molecular weight excluding hydrogens is 271 g/mol. The molecule has 114 valence electrons. The molecule has 1 atom stereocenters. The Morgan fingerprint density at radius 2 is 1.90 bits per heavy atom. The number of nitrogens with one attached hydrogen (secondary N) is 2. The van der Waals surface area contributed by atoms with Crippen molar-refractivity contribution in [3.8, 4) is 0 Å². The molecule has 2 rings (SSSR count). The largest absolute Gasteiger partial charge is 0.352 e. The van der Waals surface area contributed by atoms with E-state index < -0.39 is 0 Å². The first-order valence-electron chi connectivity index (χ1n) is 7.40. The van der Waals surface area contributed by atoms with Gasteiger partial charge in [-0.1, -0.05) is 19.1 Å². The molecule has 0 aromatic heterocycles. The van der Waals surface area contributed by atoms with Crippen LogP contribution in [0.15, 0.2) is 24.3 Å². The van der Waals surface area contributed by atoms with Crippen molar-refractivity contribution in [2.45, 2.75) is 44.6 Å². The fourth-order valence-corrected chi connectivity index (χ4v) is 2.21. The van der Waals surface area contributed by atoms with E-state index in [2.05, 4.69) is 10.6 Å². The number of carbonyl (C=O) groups excluding carboxylic acids is 2. The topological polar surface area (TPSA) is 58.2 Å². The average Bonchev–Trinajstić information content (AvgIpc) is 3.27. The van der Waals surface area contributed by atoms with Gasteiger partial charge >= 0.3 is 0 Å². The summed E-state index contributed by atoms with van der Waals surface area (Å²) in [6.07, 6.45) is 3.15. The van der Waals surface area contributed by atoms with Gasteiger partial charge in [0.15, 0.2) is 0 Å². The number of rotatable bonds is 7. The zero-order chi connectivity index (χ0) is 15.2.